The number of likely N-dealkylation sites (tertiary alicyclic amines) is 1. The van der Waals surface area contributed by atoms with Gasteiger partial charge in [0, 0.05) is 37.6 Å². The van der Waals surface area contributed by atoms with E-state index in [1.165, 1.54) is 5.56 Å². The minimum absolute atomic E-state index is 0.183. The number of nitrogens with zero attached hydrogens (tertiary/aromatic N) is 3. The second-order valence-electron chi connectivity index (χ2n) is 5.94. The Hall–Kier alpha value is -1.95. The smallest absolute Gasteiger partial charge is 0.228 e. The summed E-state index contributed by atoms with van der Waals surface area (Å²) >= 11 is 1.60. The van der Waals surface area contributed by atoms with Crippen molar-refractivity contribution in [1.82, 2.24) is 14.9 Å². The van der Waals surface area contributed by atoms with Crippen molar-refractivity contribution in [2.75, 3.05) is 25.5 Å². The first-order valence-electron chi connectivity index (χ1n) is 7.98. The molecule has 1 atom stereocenters. The van der Waals surface area contributed by atoms with Gasteiger partial charge in [-0.3, -0.25) is 4.79 Å². The molecule has 5 nitrogen and oxygen atoms in total. The number of rotatable bonds is 4. The zero-order valence-electron chi connectivity index (χ0n) is 13.6. The summed E-state index contributed by atoms with van der Waals surface area (Å²) in [4.78, 5) is 23.2. The van der Waals surface area contributed by atoms with Crippen LogP contribution < -0.4 is 5.32 Å². The number of piperidine rings is 1. The number of carbonyl (C=O) groups is 1. The van der Waals surface area contributed by atoms with Crippen molar-refractivity contribution in [1.29, 1.82) is 0 Å². The number of aromatic nitrogens is 2. The van der Waals surface area contributed by atoms with Gasteiger partial charge in [0.15, 0.2) is 0 Å². The third-order valence-electron chi connectivity index (χ3n) is 4.28. The molecule has 3 rings (SSSR count). The molecule has 23 heavy (non-hydrogen) atoms. The summed E-state index contributed by atoms with van der Waals surface area (Å²) in [5.74, 6) is 1.45. The summed E-state index contributed by atoms with van der Waals surface area (Å²) in [5, 5.41) is 6.07. The van der Waals surface area contributed by atoms with Crippen molar-refractivity contribution in [2.24, 2.45) is 0 Å². The van der Waals surface area contributed by atoms with Gasteiger partial charge in [0.25, 0.3) is 0 Å². The highest BCUT2D eigenvalue weighted by molar-refractivity contribution is 7.09. The monoisotopic (exact) mass is 330 g/mol. The van der Waals surface area contributed by atoms with Gasteiger partial charge in [-0.1, -0.05) is 0 Å². The van der Waals surface area contributed by atoms with E-state index in [1.54, 1.807) is 11.3 Å². The second kappa shape index (κ2) is 7.08. The zero-order chi connectivity index (χ0) is 16.2. The Morgan fingerprint density at radius 3 is 3.13 bits per heavy atom. The fourth-order valence-corrected chi connectivity index (χ4v) is 3.68. The lowest BCUT2D eigenvalue weighted by atomic mass is 9.91. The van der Waals surface area contributed by atoms with Gasteiger partial charge in [0.2, 0.25) is 5.91 Å². The van der Waals surface area contributed by atoms with E-state index in [4.69, 9.17) is 0 Å². The summed E-state index contributed by atoms with van der Waals surface area (Å²) in [5.41, 5.74) is 2.15. The van der Waals surface area contributed by atoms with Crippen LogP contribution in [0.2, 0.25) is 0 Å². The molecule has 2 aromatic rings. The number of aryl methyl sites for hydroxylation is 1. The van der Waals surface area contributed by atoms with Crippen molar-refractivity contribution in [3.05, 3.63) is 40.0 Å². The highest BCUT2D eigenvalue weighted by atomic mass is 32.1. The van der Waals surface area contributed by atoms with Crippen LogP contribution in [0, 0.1) is 6.92 Å². The lowest BCUT2D eigenvalue weighted by Gasteiger charge is -2.33. The van der Waals surface area contributed by atoms with Crippen LogP contribution in [0.4, 0.5) is 5.82 Å². The van der Waals surface area contributed by atoms with Crippen LogP contribution in [0.25, 0.3) is 0 Å². The van der Waals surface area contributed by atoms with Crippen LogP contribution in [0.15, 0.2) is 23.7 Å². The maximum absolute atomic E-state index is 12.5. The molecule has 0 aliphatic carbocycles. The third-order valence-corrected chi connectivity index (χ3v) is 5.11. The van der Waals surface area contributed by atoms with Gasteiger partial charge in [0.05, 0.1) is 17.1 Å². The highest BCUT2D eigenvalue weighted by Crippen LogP contribution is 2.28. The van der Waals surface area contributed by atoms with E-state index in [-0.39, 0.29) is 5.91 Å². The number of carbonyl (C=O) groups excluding carboxylic acids is 1. The van der Waals surface area contributed by atoms with Gasteiger partial charge in [-0.05, 0) is 37.5 Å². The molecule has 1 N–H and O–H groups in total. The van der Waals surface area contributed by atoms with Gasteiger partial charge in [0.1, 0.15) is 5.82 Å². The number of amides is 1. The Kier molecular flexibility index (Phi) is 4.91. The molecule has 1 aliphatic heterocycles. The minimum Gasteiger partial charge on any atom is -0.373 e. The highest BCUT2D eigenvalue weighted by Gasteiger charge is 2.25. The Morgan fingerprint density at radius 2 is 2.39 bits per heavy atom. The number of pyridine rings is 1. The molecule has 0 unspecified atom stereocenters. The molecule has 0 bridgehead atoms. The Balaban J connectivity index is 1.66. The molecule has 0 spiro atoms. The molecule has 0 aromatic carbocycles. The maximum atomic E-state index is 12.5. The summed E-state index contributed by atoms with van der Waals surface area (Å²) < 4.78 is 0. The van der Waals surface area contributed by atoms with Crippen LogP contribution >= 0.6 is 11.3 Å². The van der Waals surface area contributed by atoms with Gasteiger partial charge in [-0.2, -0.15) is 0 Å². The van der Waals surface area contributed by atoms with Crippen LogP contribution in [-0.4, -0.2) is 40.9 Å². The molecule has 2 aromatic heterocycles. The predicted molar refractivity (Wildman–Crippen MR) is 92.9 cm³/mol. The quantitative estimate of drug-likeness (QED) is 0.936. The van der Waals surface area contributed by atoms with Crippen molar-refractivity contribution >= 4 is 23.1 Å². The number of nitrogens with one attached hydrogen (secondary N) is 1. The van der Waals surface area contributed by atoms with Crippen LogP contribution in [0.1, 0.15) is 35.0 Å². The number of thiazole rings is 1. The molecular formula is C17H22N4OS. The van der Waals surface area contributed by atoms with E-state index >= 15 is 0 Å². The summed E-state index contributed by atoms with van der Waals surface area (Å²) in [6, 6.07) is 4.14. The van der Waals surface area contributed by atoms with Gasteiger partial charge in [-0.25, -0.2) is 9.97 Å². The SMILES string of the molecule is CNc1cc([C@H]2CCCN(C(=O)Cc3csc(C)n3)C2)ccn1. The Morgan fingerprint density at radius 1 is 1.52 bits per heavy atom. The standard InChI is InChI=1S/C17H22N4OS/c1-12-20-15(11-23-12)9-17(22)21-7-3-4-14(10-21)13-5-6-19-16(8-13)18-2/h5-6,8,11,14H,3-4,7,9-10H2,1-2H3,(H,18,19)/t14-/m0/s1. The Labute approximate surface area is 140 Å². The van der Waals surface area contributed by atoms with Crippen LogP contribution in [0.3, 0.4) is 0 Å². The molecule has 3 heterocycles. The first kappa shape index (κ1) is 15.9. The first-order chi connectivity index (χ1) is 11.2. The van der Waals surface area contributed by atoms with Gasteiger partial charge in [-0.15, -0.1) is 11.3 Å². The molecule has 1 amide bonds. The number of anilines is 1. The van der Waals surface area contributed by atoms with Crippen LogP contribution in [-0.2, 0) is 11.2 Å². The number of hydrogen-bond acceptors (Lipinski definition) is 5. The molecule has 1 fully saturated rings. The van der Waals surface area contributed by atoms with Crippen molar-refractivity contribution in [3.63, 3.8) is 0 Å². The largest absolute Gasteiger partial charge is 0.373 e. The van der Waals surface area contributed by atoms with Crippen molar-refractivity contribution in [2.45, 2.75) is 32.1 Å². The van der Waals surface area contributed by atoms with E-state index in [0.29, 0.717) is 12.3 Å². The maximum Gasteiger partial charge on any atom is 0.228 e. The lowest BCUT2D eigenvalue weighted by Crippen LogP contribution is -2.40. The topological polar surface area (TPSA) is 58.1 Å². The fraction of sp³-hybridized carbons (Fsp3) is 0.471. The second-order valence-corrected chi connectivity index (χ2v) is 7.00. The van der Waals surface area contributed by atoms with E-state index < -0.39 is 0 Å². The van der Waals surface area contributed by atoms with Crippen LogP contribution in [0.5, 0.6) is 0 Å². The van der Waals surface area contributed by atoms with Crippen molar-refractivity contribution in [3.8, 4) is 0 Å². The summed E-state index contributed by atoms with van der Waals surface area (Å²) in [6.07, 6.45) is 4.41. The number of hydrogen-bond donors (Lipinski definition) is 1. The van der Waals surface area contributed by atoms with Gasteiger partial charge < -0.3 is 10.2 Å². The summed E-state index contributed by atoms with van der Waals surface area (Å²) in [7, 11) is 1.87. The van der Waals surface area contributed by atoms with E-state index in [9.17, 15) is 4.79 Å². The van der Waals surface area contributed by atoms with E-state index in [1.807, 2.05) is 30.4 Å². The van der Waals surface area contributed by atoms with Gasteiger partial charge >= 0.3 is 0 Å². The predicted octanol–water partition coefficient (Wildman–Crippen LogP) is 2.84. The molecular weight excluding hydrogens is 308 g/mol. The molecule has 6 heteroatoms. The molecule has 122 valence electrons. The molecule has 1 saturated heterocycles. The average Bonchev–Trinajstić information content (AvgIpc) is 3.00. The fourth-order valence-electron chi connectivity index (χ4n) is 3.07. The van der Waals surface area contributed by atoms with Crippen molar-refractivity contribution < 1.29 is 4.79 Å². The zero-order valence-corrected chi connectivity index (χ0v) is 14.4. The normalized spacial score (nSPS) is 18.0. The third kappa shape index (κ3) is 3.88. The van der Waals surface area contributed by atoms with E-state index in [2.05, 4.69) is 27.4 Å². The first-order valence-corrected chi connectivity index (χ1v) is 8.86. The Bertz CT molecular complexity index is 685. The lowest BCUT2D eigenvalue weighted by molar-refractivity contribution is -0.131. The molecule has 1 aliphatic rings. The molecule has 0 radical (unpaired) electrons. The molecule has 0 saturated carbocycles. The average molecular weight is 330 g/mol. The minimum atomic E-state index is 0.183. The summed E-state index contributed by atoms with van der Waals surface area (Å²) in [6.45, 7) is 3.61. The van der Waals surface area contributed by atoms with E-state index in [0.717, 1.165) is 42.5 Å².